The zero-order valence-corrected chi connectivity index (χ0v) is 8.50. The molecule has 1 aliphatic rings. The van der Waals surface area contributed by atoms with E-state index < -0.39 is 0 Å². The van der Waals surface area contributed by atoms with Crippen molar-refractivity contribution < 1.29 is 0 Å². The standard InChI is InChI=1S/C11H20N2/c1-3-7-13(8-6-10(2)12)9-11-4-5-11/h1,10-11H,4-9,12H2,2H3. The van der Waals surface area contributed by atoms with Crippen molar-refractivity contribution >= 4 is 0 Å². The lowest BCUT2D eigenvalue weighted by Gasteiger charge is -2.20. The molecule has 0 saturated heterocycles. The lowest BCUT2D eigenvalue weighted by Crippen LogP contribution is -2.31. The van der Waals surface area contributed by atoms with Gasteiger partial charge in [-0.2, -0.15) is 0 Å². The van der Waals surface area contributed by atoms with Crippen LogP contribution in [0.15, 0.2) is 0 Å². The predicted octanol–water partition coefficient (Wildman–Crippen LogP) is 1.07. The Hall–Kier alpha value is -0.520. The first-order chi connectivity index (χ1) is 6.22. The summed E-state index contributed by atoms with van der Waals surface area (Å²) >= 11 is 0. The van der Waals surface area contributed by atoms with Gasteiger partial charge in [-0.15, -0.1) is 6.42 Å². The number of nitrogens with zero attached hydrogens (tertiary/aromatic N) is 1. The summed E-state index contributed by atoms with van der Waals surface area (Å²) in [6, 6.07) is 0.291. The SMILES string of the molecule is C#CCN(CCC(C)N)CC1CC1. The summed E-state index contributed by atoms with van der Waals surface area (Å²) in [7, 11) is 0. The summed E-state index contributed by atoms with van der Waals surface area (Å²) in [5, 5.41) is 0. The normalized spacial score (nSPS) is 18.6. The maximum atomic E-state index is 5.70. The highest BCUT2D eigenvalue weighted by molar-refractivity contribution is 4.90. The van der Waals surface area contributed by atoms with Crippen LogP contribution in [0, 0.1) is 18.3 Å². The van der Waals surface area contributed by atoms with E-state index in [2.05, 4.69) is 10.8 Å². The van der Waals surface area contributed by atoms with Gasteiger partial charge in [-0.25, -0.2) is 0 Å². The molecule has 0 aliphatic heterocycles. The Balaban J connectivity index is 2.16. The third-order valence-corrected chi connectivity index (χ3v) is 2.43. The van der Waals surface area contributed by atoms with Crippen molar-refractivity contribution in [3.8, 4) is 12.3 Å². The molecule has 1 aliphatic carbocycles. The Labute approximate surface area is 81.5 Å². The minimum atomic E-state index is 0.291. The third-order valence-electron chi connectivity index (χ3n) is 2.43. The average Bonchev–Trinajstić information content (AvgIpc) is 2.84. The van der Waals surface area contributed by atoms with Crippen molar-refractivity contribution in [2.75, 3.05) is 19.6 Å². The zero-order chi connectivity index (χ0) is 9.68. The van der Waals surface area contributed by atoms with Gasteiger partial charge in [0.15, 0.2) is 0 Å². The van der Waals surface area contributed by atoms with Crippen LogP contribution in [-0.4, -0.2) is 30.6 Å². The molecule has 0 aromatic rings. The molecule has 0 aromatic heterocycles. The summed E-state index contributed by atoms with van der Waals surface area (Å²) in [4.78, 5) is 2.35. The molecule has 0 aromatic carbocycles. The fraction of sp³-hybridized carbons (Fsp3) is 0.818. The van der Waals surface area contributed by atoms with Crippen molar-refractivity contribution in [2.45, 2.75) is 32.2 Å². The van der Waals surface area contributed by atoms with Gasteiger partial charge in [0.05, 0.1) is 6.54 Å². The largest absolute Gasteiger partial charge is 0.328 e. The summed E-state index contributed by atoms with van der Waals surface area (Å²) in [6.45, 7) is 5.06. The quantitative estimate of drug-likeness (QED) is 0.620. The maximum absolute atomic E-state index is 5.70. The number of rotatable bonds is 6. The summed E-state index contributed by atoms with van der Waals surface area (Å²) < 4.78 is 0. The molecule has 0 bridgehead atoms. The fourth-order valence-corrected chi connectivity index (χ4v) is 1.42. The van der Waals surface area contributed by atoms with Gasteiger partial charge in [-0.3, -0.25) is 4.90 Å². The lowest BCUT2D eigenvalue weighted by atomic mass is 10.2. The molecule has 74 valence electrons. The first-order valence-electron chi connectivity index (χ1n) is 5.13. The maximum Gasteiger partial charge on any atom is 0.0599 e. The van der Waals surface area contributed by atoms with Crippen LogP contribution < -0.4 is 5.73 Å². The van der Waals surface area contributed by atoms with Crippen LogP contribution in [0.3, 0.4) is 0 Å². The van der Waals surface area contributed by atoms with Crippen molar-refractivity contribution in [3.63, 3.8) is 0 Å². The number of nitrogens with two attached hydrogens (primary N) is 1. The Morgan fingerprint density at radius 3 is 2.77 bits per heavy atom. The van der Waals surface area contributed by atoms with Crippen LogP contribution in [0.25, 0.3) is 0 Å². The number of terminal acetylenes is 1. The van der Waals surface area contributed by atoms with Gasteiger partial charge in [0, 0.05) is 19.1 Å². The average molecular weight is 180 g/mol. The molecular formula is C11H20N2. The highest BCUT2D eigenvalue weighted by Crippen LogP contribution is 2.29. The predicted molar refractivity (Wildman–Crippen MR) is 56.3 cm³/mol. The second kappa shape index (κ2) is 5.26. The van der Waals surface area contributed by atoms with Gasteiger partial charge in [0.1, 0.15) is 0 Å². The molecule has 1 rings (SSSR count). The molecule has 2 heteroatoms. The Bertz CT molecular complexity index is 177. The van der Waals surface area contributed by atoms with Crippen LogP contribution >= 0.6 is 0 Å². The van der Waals surface area contributed by atoms with Crippen molar-refractivity contribution in [3.05, 3.63) is 0 Å². The molecule has 0 spiro atoms. The van der Waals surface area contributed by atoms with Gasteiger partial charge in [-0.1, -0.05) is 5.92 Å². The van der Waals surface area contributed by atoms with E-state index in [1.54, 1.807) is 0 Å². The molecule has 1 saturated carbocycles. The number of hydrogen-bond donors (Lipinski definition) is 1. The van der Waals surface area contributed by atoms with E-state index in [1.165, 1.54) is 19.4 Å². The van der Waals surface area contributed by atoms with E-state index in [1.807, 2.05) is 6.92 Å². The van der Waals surface area contributed by atoms with E-state index in [9.17, 15) is 0 Å². The second-order valence-corrected chi connectivity index (χ2v) is 4.15. The first kappa shape index (κ1) is 10.6. The van der Waals surface area contributed by atoms with Gasteiger partial charge in [0.25, 0.3) is 0 Å². The molecule has 1 fully saturated rings. The third kappa shape index (κ3) is 4.92. The van der Waals surface area contributed by atoms with E-state index in [-0.39, 0.29) is 0 Å². The summed E-state index contributed by atoms with van der Waals surface area (Å²) in [6.07, 6.45) is 9.14. The summed E-state index contributed by atoms with van der Waals surface area (Å²) in [5.74, 6) is 3.63. The van der Waals surface area contributed by atoms with E-state index in [0.29, 0.717) is 6.04 Å². The molecule has 2 nitrogen and oxygen atoms in total. The smallest absolute Gasteiger partial charge is 0.0599 e. The van der Waals surface area contributed by atoms with Gasteiger partial charge in [0.2, 0.25) is 0 Å². The van der Waals surface area contributed by atoms with Crippen LogP contribution in [0.2, 0.25) is 0 Å². The van der Waals surface area contributed by atoms with E-state index >= 15 is 0 Å². The van der Waals surface area contributed by atoms with Gasteiger partial charge >= 0.3 is 0 Å². The minimum absolute atomic E-state index is 0.291. The molecular weight excluding hydrogens is 160 g/mol. The lowest BCUT2D eigenvalue weighted by molar-refractivity contribution is 0.284. The van der Waals surface area contributed by atoms with Crippen LogP contribution in [0.5, 0.6) is 0 Å². The fourth-order valence-electron chi connectivity index (χ4n) is 1.42. The highest BCUT2D eigenvalue weighted by atomic mass is 15.1. The Morgan fingerprint density at radius 2 is 2.31 bits per heavy atom. The van der Waals surface area contributed by atoms with E-state index in [4.69, 9.17) is 12.2 Å². The molecule has 2 N–H and O–H groups in total. The molecule has 1 unspecified atom stereocenters. The topological polar surface area (TPSA) is 29.3 Å². The van der Waals surface area contributed by atoms with Crippen LogP contribution in [-0.2, 0) is 0 Å². The molecule has 0 heterocycles. The van der Waals surface area contributed by atoms with Crippen molar-refractivity contribution in [1.29, 1.82) is 0 Å². The zero-order valence-electron chi connectivity index (χ0n) is 8.50. The molecule has 1 atom stereocenters. The molecule has 0 radical (unpaired) electrons. The van der Waals surface area contributed by atoms with Crippen molar-refractivity contribution in [1.82, 2.24) is 4.90 Å². The Morgan fingerprint density at radius 1 is 1.62 bits per heavy atom. The Kier molecular flexibility index (Phi) is 4.27. The number of hydrogen-bond acceptors (Lipinski definition) is 2. The van der Waals surface area contributed by atoms with Crippen molar-refractivity contribution in [2.24, 2.45) is 11.7 Å². The monoisotopic (exact) mass is 180 g/mol. The summed E-state index contributed by atoms with van der Waals surface area (Å²) in [5.41, 5.74) is 5.70. The highest BCUT2D eigenvalue weighted by Gasteiger charge is 2.23. The van der Waals surface area contributed by atoms with E-state index in [0.717, 1.165) is 25.4 Å². The molecule has 0 amide bonds. The van der Waals surface area contributed by atoms with Crippen LogP contribution in [0.4, 0.5) is 0 Å². The van der Waals surface area contributed by atoms with Crippen LogP contribution in [0.1, 0.15) is 26.2 Å². The minimum Gasteiger partial charge on any atom is -0.328 e. The first-order valence-corrected chi connectivity index (χ1v) is 5.13. The molecule has 13 heavy (non-hydrogen) atoms. The van der Waals surface area contributed by atoms with Gasteiger partial charge in [-0.05, 0) is 32.1 Å². The second-order valence-electron chi connectivity index (χ2n) is 4.15. The van der Waals surface area contributed by atoms with Gasteiger partial charge < -0.3 is 5.73 Å².